The smallest absolute Gasteiger partial charge is 0.253 e. The summed E-state index contributed by atoms with van der Waals surface area (Å²) in [4.78, 5) is 18.9. The first kappa shape index (κ1) is 13.3. The largest absolute Gasteiger partial charge is 0.467 e. The van der Waals surface area contributed by atoms with Gasteiger partial charge in [-0.1, -0.05) is 0 Å². The highest BCUT2D eigenvalue weighted by atomic mass is 19.1. The van der Waals surface area contributed by atoms with Crippen molar-refractivity contribution >= 4 is 16.9 Å². The van der Waals surface area contributed by atoms with E-state index in [0.717, 1.165) is 6.07 Å². The minimum absolute atomic E-state index is 0.0468. The van der Waals surface area contributed by atoms with Gasteiger partial charge in [0.2, 0.25) is 0 Å². The molecule has 3 rings (SSSR count). The Labute approximate surface area is 118 Å². The van der Waals surface area contributed by atoms with Gasteiger partial charge in [0, 0.05) is 0 Å². The lowest BCUT2D eigenvalue weighted by Gasteiger charge is -2.10. The number of carbonyl (C=O) groups is 1. The second-order valence-corrected chi connectivity index (χ2v) is 4.49. The highest BCUT2D eigenvalue weighted by molar-refractivity contribution is 6.04. The molecule has 0 aliphatic heterocycles. The van der Waals surface area contributed by atoms with Crippen molar-refractivity contribution in [1.29, 1.82) is 0 Å². The Hall–Kier alpha value is -2.67. The van der Waals surface area contributed by atoms with Gasteiger partial charge in [0.15, 0.2) is 0 Å². The number of amides is 1. The van der Waals surface area contributed by atoms with E-state index in [0.29, 0.717) is 16.8 Å². The standard InChI is InChI=1S/C14H12FN3O3/c15-8-4-9(13-10(5-8)17-7-18-13)14(20)16-6-11(19)12-2-1-3-21-12/h1-5,7,11,19H,6H2,(H,16,20)(H,17,18). The molecule has 0 radical (unpaired) electrons. The Morgan fingerprint density at radius 1 is 1.52 bits per heavy atom. The Morgan fingerprint density at radius 2 is 2.38 bits per heavy atom. The molecular weight excluding hydrogens is 277 g/mol. The summed E-state index contributed by atoms with van der Waals surface area (Å²) in [5.41, 5.74) is 0.922. The van der Waals surface area contributed by atoms with Crippen LogP contribution in [-0.4, -0.2) is 27.5 Å². The van der Waals surface area contributed by atoms with Gasteiger partial charge in [-0.25, -0.2) is 9.37 Å². The van der Waals surface area contributed by atoms with Crippen LogP contribution in [0.5, 0.6) is 0 Å². The molecule has 0 saturated carbocycles. The van der Waals surface area contributed by atoms with Crippen molar-refractivity contribution < 1.29 is 18.7 Å². The number of benzene rings is 1. The van der Waals surface area contributed by atoms with Crippen molar-refractivity contribution in [3.05, 3.63) is 54.0 Å². The maximum absolute atomic E-state index is 13.5. The zero-order valence-corrected chi connectivity index (χ0v) is 10.8. The monoisotopic (exact) mass is 289 g/mol. The molecule has 7 heteroatoms. The van der Waals surface area contributed by atoms with Crippen LogP contribution in [0, 0.1) is 5.82 Å². The Morgan fingerprint density at radius 3 is 3.14 bits per heavy atom. The topological polar surface area (TPSA) is 91.1 Å². The number of furan rings is 1. The zero-order valence-electron chi connectivity index (χ0n) is 10.8. The minimum Gasteiger partial charge on any atom is -0.467 e. The number of aliphatic hydroxyl groups excluding tert-OH is 1. The summed E-state index contributed by atoms with van der Waals surface area (Å²) in [5.74, 6) is -0.708. The van der Waals surface area contributed by atoms with E-state index < -0.39 is 17.8 Å². The fourth-order valence-electron chi connectivity index (χ4n) is 2.05. The van der Waals surface area contributed by atoms with Crippen LogP contribution in [-0.2, 0) is 0 Å². The maximum Gasteiger partial charge on any atom is 0.253 e. The average Bonchev–Trinajstić information content (AvgIpc) is 3.13. The normalized spacial score (nSPS) is 12.5. The van der Waals surface area contributed by atoms with Crippen molar-refractivity contribution in [3.63, 3.8) is 0 Å². The van der Waals surface area contributed by atoms with Gasteiger partial charge in [0.1, 0.15) is 23.2 Å². The molecule has 1 amide bonds. The van der Waals surface area contributed by atoms with E-state index in [1.807, 2.05) is 0 Å². The molecule has 1 unspecified atom stereocenters. The summed E-state index contributed by atoms with van der Waals surface area (Å²) in [6.45, 7) is -0.0468. The van der Waals surface area contributed by atoms with Gasteiger partial charge in [-0.05, 0) is 24.3 Å². The van der Waals surface area contributed by atoms with Crippen LogP contribution in [0.4, 0.5) is 4.39 Å². The number of hydrogen-bond donors (Lipinski definition) is 3. The number of halogens is 1. The number of aromatic amines is 1. The second-order valence-electron chi connectivity index (χ2n) is 4.49. The van der Waals surface area contributed by atoms with Gasteiger partial charge in [-0.3, -0.25) is 4.79 Å². The predicted molar refractivity (Wildman–Crippen MR) is 72.1 cm³/mol. The molecule has 0 saturated heterocycles. The molecular formula is C14H12FN3O3. The van der Waals surface area contributed by atoms with Crippen LogP contribution in [0.2, 0.25) is 0 Å². The third kappa shape index (κ3) is 2.63. The molecule has 0 bridgehead atoms. The van der Waals surface area contributed by atoms with Crippen LogP contribution < -0.4 is 5.32 Å². The van der Waals surface area contributed by atoms with Crippen molar-refractivity contribution in [3.8, 4) is 0 Å². The molecule has 1 atom stereocenters. The lowest BCUT2D eigenvalue weighted by atomic mass is 10.1. The van der Waals surface area contributed by atoms with E-state index in [1.165, 1.54) is 18.7 Å². The zero-order chi connectivity index (χ0) is 14.8. The van der Waals surface area contributed by atoms with E-state index in [4.69, 9.17) is 4.42 Å². The number of hydrogen-bond acceptors (Lipinski definition) is 4. The van der Waals surface area contributed by atoms with Gasteiger partial charge in [-0.15, -0.1) is 0 Å². The quantitative estimate of drug-likeness (QED) is 0.682. The van der Waals surface area contributed by atoms with E-state index in [1.54, 1.807) is 12.1 Å². The second kappa shape index (κ2) is 5.37. The average molecular weight is 289 g/mol. The van der Waals surface area contributed by atoms with Gasteiger partial charge < -0.3 is 19.8 Å². The summed E-state index contributed by atoms with van der Waals surface area (Å²) in [7, 11) is 0. The summed E-state index contributed by atoms with van der Waals surface area (Å²) >= 11 is 0. The van der Waals surface area contributed by atoms with Crippen LogP contribution in [0.25, 0.3) is 11.0 Å². The first-order valence-electron chi connectivity index (χ1n) is 6.27. The number of nitrogens with one attached hydrogen (secondary N) is 2. The Balaban J connectivity index is 1.76. The van der Waals surface area contributed by atoms with Crippen LogP contribution in [0.3, 0.4) is 0 Å². The Bertz CT molecular complexity index is 767. The van der Waals surface area contributed by atoms with Crippen LogP contribution >= 0.6 is 0 Å². The molecule has 2 aromatic heterocycles. The van der Waals surface area contributed by atoms with E-state index in [2.05, 4.69) is 15.3 Å². The third-order valence-corrected chi connectivity index (χ3v) is 3.06. The number of nitrogens with zero attached hydrogens (tertiary/aromatic N) is 1. The SMILES string of the molecule is O=C(NCC(O)c1ccco1)c1cc(F)cc2[nH]cnc12. The first-order valence-corrected chi connectivity index (χ1v) is 6.27. The fraction of sp³-hybridized carbons (Fsp3) is 0.143. The highest BCUT2D eigenvalue weighted by Gasteiger charge is 2.16. The number of imidazole rings is 1. The fourth-order valence-corrected chi connectivity index (χ4v) is 2.05. The lowest BCUT2D eigenvalue weighted by Crippen LogP contribution is -2.28. The molecule has 21 heavy (non-hydrogen) atoms. The third-order valence-electron chi connectivity index (χ3n) is 3.06. The summed E-state index contributed by atoms with van der Waals surface area (Å²) in [6.07, 6.45) is 1.85. The van der Waals surface area contributed by atoms with Crippen molar-refractivity contribution in [1.82, 2.24) is 15.3 Å². The number of carbonyl (C=O) groups excluding carboxylic acids is 1. The first-order chi connectivity index (χ1) is 10.1. The molecule has 0 spiro atoms. The molecule has 3 aromatic rings. The molecule has 3 N–H and O–H groups in total. The number of fused-ring (bicyclic) bond motifs is 1. The summed E-state index contributed by atoms with van der Waals surface area (Å²) < 4.78 is 18.5. The van der Waals surface area contributed by atoms with Gasteiger partial charge >= 0.3 is 0 Å². The Kier molecular flexibility index (Phi) is 3.41. The van der Waals surface area contributed by atoms with Crippen LogP contribution in [0.15, 0.2) is 41.3 Å². The summed E-state index contributed by atoms with van der Waals surface area (Å²) in [5, 5.41) is 12.4. The number of aromatic nitrogens is 2. The van der Waals surface area contributed by atoms with Crippen molar-refractivity contribution in [2.45, 2.75) is 6.10 Å². The minimum atomic E-state index is -0.966. The maximum atomic E-state index is 13.5. The van der Waals surface area contributed by atoms with E-state index in [9.17, 15) is 14.3 Å². The van der Waals surface area contributed by atoms with Gasteiger partial charge in [-0.2, -0.15) is 0 Å². The van der Waals surface area contributed by atoms with Gasteiger partial charge in [0.25, 0.3) is 5.91 Å². The number of H-pyrrole nitrogens is 1. The van der Waals surface area contributed by atoms with E-state index in [-0.39, 0.29) is 12.1 Å². The van der Waals surface area contributed by atoms with Crippen molar-refractivity contribution in [2.75, 3.05) is 6.54 Å². The van der Waals surface area contributed by atoms with E-state index >= 15 is 0 Å². The van der Waals surface area contributed by atoms with Crippen LogP contribution in [0.1, 0.15) is 22.2 Å². The number of rotatable bonds is 4. The lowest BCUT2D eigenvalue weighted by molar-refractivity contribution is 0.0902. The van der Waals surface area contributed by atoms with Gasteiger partial charge in [0.05, 0.1) is 30.2 Å². The predicted octanol–water partition coefficient (Wildman–Crippen LogP) is 1.76. The molecule has 6 nitrogen and oxygen atoms in total. The molecule has 0 fully saturated rings. The molecule has 0 aliphatic carbocycles. The molecule has 1 aromatic carbocycles. The molecule has 2 heterocycles. The number of aliphatic hydroxyl groups is 1. The molecule has 108 valence electrons. The summed E-state index contributed by atoms with van der Waals surface area (Å²) in [6, 6.07) is 5.61. The molecule has 0 aliphatic rings. The highest BCUT2D eigenvalue weighted by Crippen LogP contribution is 2.18. The van der Waals surface area contributed by atoms with Crippen molar-refractivity contribution in [2.24, 2.45) is 0 Å².